The molecule has 0 aliphatic heterocycles. The largest absolute Gasteiger partial charge is 0.507 e. The number of rotatable bonds is 24. The number of aromatic nitrogens is 4. The topological polar surface area (TPSA) is 451 Å². The second kappa shape index (κ2) is 68.2. The zero-order valence-electron chi connectivity index (χ0n) is 75.0. The molecule has 28 nitrogen and oxygen atoms in total. The fraction of sp³-hybridized carbons (Fsp3) is 0.309. The van der Waals surface area contributed by atoms with E-state index in [1.165, 1.54) is 41.5 Å². The van der Waals surface area contributed by atoms with Gasteiger partial charge in [0.1, 0.15) is 39.1 Å². The highest BCUT2D eigenvalue weighted by Crippen LogP contribution is 2.24. The molecule has 4 amide bonds. The number of phenols is 1. The Bertz CT molecular complexity index is 4940. The Morgan fingerprint density at radius 2 is 0.756 bits per heavy atom. The summed E-state index contributed by atoms with van der Waals surface area (Å²) in [7, 11) is 7.98. The number of methoxy groups -OCH3 is 5. The van der Waals surface area contributed by atoms with Crippen molar-refractivity contribution in [1.82, 2.24) is 30.6 Å². The molecule has 0 unspecified atom stereocenters. The van der Waals surface area contributed by atoms with Crippen molar-refractivity contribution >= 4 is 111 Å². The van der Waals surface area contributed by atoms with Gasteiger partial charge in [0.25, 0.3) is 17.7 Å². The lowest BCUT2D eigenvalue weighted by molar-refractivity contribution is -0.154. The number of halogens is 5. The van der Waals surface area contributed by atoms with Crippen molar-refractivity contribution in [3.05, 3.63) is 293 Å². The highest BCUT2D eigenvalue weighted by atomic mass is 79.9. The number of Topliss-reactive ketones (excluding diaryl/α,β-unsaturated/α-hetero) is 1. The van der Waals surface area contributed by atoms with E-state index in [4.69, 9.17) is 74.3 Å². The Kier molecular flexibility index (Phi) is 63.9. The maximum atomic E-state index is 12.0. The maximum Gasteiger partial charge on any atom is 0.396 e. The van der Waals surface area contributed by atoms with Gasteiger partial charge in [0.15, 0.2) is 0 Å². The number of carbonyl (C=O) groups is 8. The van der Waals surface area contributed by atoms with E-state index in [0.29, 0.717) is 61.7 Å². The minimum Gasteiger partial charge on any atom is -0.507 e. The Morgan fingerprint density at radius 1 is 0.425 bits per heavy atom. The molecular weight excluding hydrogens is 1770 g/mol. The second-order valence-corrected chi connectivity index (χ2v) is 28.1. The van der Waals surface area contributed by atoms with E-state index >= 15 is 0 Å². The highest BCUT2D eigenvalue weighted by molar-refractivity contribution is 9.10. The van der Waals surface area contributed by atoms with E-state index in [9.17, 15) is 38.4 Å². The van der Waals surface area contributed by atoms with Gasteiger partial charge in [0.2, 0.25) is 5.78 Å². The molecule has 0 radical (unpaired) electrons. The normalized spacial score (nSPS) is 9.39. The lowest BCUT2D eigenvalue weighted by Crippen LogP contribution is -2.32. The van der Waals surface area contributed by atoms with E-state index in [2.05, 4.69) is 62.0 Å². The number of ketones is 1. The van der Waals surface area contributed by atoms with E-state index in [0.717, 1.165) is 95.2 Å². The van der Waals surface area contributed by atoms with E-state index in [1.54, 1.807) is 72.9 Å². The van der Waals surface area contributed by atoms with E-state index in [-0.39, 0.29) is 81.3 Å². The molecule has 4 aromatic heterocycles. The molecule has 0 bridgehead atoms. The SMILES string of the molecule is CCOC(=O)C(=O)Cl.CCOC(=O)C(=O)NCc1ccc(C)cc1OC.COc1cc(C)ccc1C(N)=O.COc1cc(C)ccc1CN.COc1cc(C)ccc1CN.COc1cc(C)ccc1CNC(=O)C(=O)CCCc1ccc(C)cn1.Cc1ccc(Br)nc1.Cc1ccc(C(N)=O)c(O)c1.Cc1ccc(CC#N)nc1.Cc1ccc(CCN)nc1.Cl.Cl.Cl. The predicted octanol–water partition coefficient (Wildman–Crippen LogP) is 15.0. The zero-order chi connectivity index (χ0) is 93.2. The van der Waals surface area contributed by atoms with Crippen molar-refractivity contribution in [3.8, 4) is 40.6 Å². The number of pyridine rings is 4. The number of primary amides is 2. The van der Waals surface area contributed by atoms with Crippen LogP contribution in [0.4, 0.5) is 0 Å². The summed E-state index contributed by atoms with van der Waals surface area (Å²) >= 11 is 7.93. The number of esters is 2. The standard InChI is InChI=1S/C20H24N2O3.C13H17NO4.C9H11NO2.2C9H13NO.C8H12N2.C8H8N2.C8H9NO2.C6H6BrN.C4H5ClO3.3ClH/c1-14-7-9-16(19(11-14)25-3)13-22-20(24)18(23)6-4-5-17-10-8-15(2)12-21-17;1-4-18-13(16)12(15)14-8-10-6-5-9(2)7-11(10)17-3;1-6-3-4-7(9(10)11)8(5-6)12-2;2*1-7-3-4-8(6-10)9(5-7)11-2;2*1-7-2-3-8(4-5-9)10-6-7;1-5-2-3-6(8(9)11)7(10)4-5;1-5-2-3-6(7)8-4-5;1-2-8-4(7)3(5)6;;;/h7-12H,4-6,13H2,1-3H3,(H,22,24);5-7H,4,8H2,1-3H3,(H,14,15);3-5H,1-2H3,(H2,10,11);2*3-5H,6,10H2,1-2H3;2-3,6H,4-5,9H2,1H3;2-3,6H,4H2,1H3;2-4,10H,1H3,(H2,9,11);2-4H,1H3;2H2,1H3;3*1H. The number of nitriles is 1. The summed E-state index contributed by atoms with van der Waals surface area (Å²) in [5, 5.41) is 21.5. The van der Waals surface area contributed by atoms with Crippen LogP contribution in [0.2, 0.25) is 0 Å². The molecule has 688 valence electrons. The monoisotopic (exact) mass is 1890 g/mol. The van der Waals surface area contributed by atoms with Gasteiger partial charge in [-0.05, 0) is 258 Å². The minimum absolute atomic E-state index is 0. The van der Waals surface area contributed by atoms with E-state index in [1.807, 2.05) is 209 Å². The van der Waals surface area contributed by atoms with Gasteiger partial charge in [-0.15, -0.1) is 37.2 Å². The Labute approximate surface area is 777 Å². The Hall–Kier alpha value is -12.1. The van der Waals surface area contributed by atoms with Crippen LogP contribution in [0.5, 0.6) is 34.5 Å². The molecule has 10 rings (SSSR count). The fourth-order valence-electron chi connectivity index (χ4n) is 9.91. The first-order chi connectivity index (χ1) is 59.0. The molecule has 0 saturated heterocycles. The van der Waals surface area contributed by atoms with Gasteiger partial charge in [-0.1, -0.05) is 84.9 Å². The fourth-order valence-corrected chi connectivity index (χ4v) is 10.2. The van der Waals surface area contributed by atoms with Gasteiger partial charge in [0, 0.05) is 97.4 Å². The molecule has 10 aromatic rings. The number of ether oxygens (including phenoxy) is 7. The van der Waals surface area contributed by atoms with Crippen molar-refractivity contribution in [1.29, 1.82) is 5.26 Å². The van der Waals surface area contributed by atoms with Crippen LogP contribution in [-0.4, -0.2) is 127 Å². The molecule has 4 heterocycles. The molecule has 0 atom stereocenters. The number of hydrogen-bond acceptors (Lipinski definition) is 24. The summed E-state index contributed by atoms with van der Waals surface area (Å²) < 4.78 is 35.4. The minimum atomic E-state index is -1.08. The van der Waals surface area contributed by atoms with E-state index < -0.39 is 46.6 Å². The third-order valence-corrected chi connectivity index (χ3v) is 17.2. The lowest BCUT2D eigenvalue weighted by Gasteiger charge is -2.10. The van der Waals surface area contributed by atoms with Gasteiger partial charge >= 0.3 is 23.1 Å². The summed E-state index contributed by atoms with van der Waals surface area (Å²) in [4.78, 5) is 104. The van der Waals surface area contributed by atoms with Crippen LogP contribution in [0.3, 0.4) is 0 Å². The Balaban J connectivity index is -0.00000137. The van der Waals surface area contributed by atoms with Gasteiger partial charge < -0.3 is 77.6 Å². The van der Waals surface area contributed by atoms with Crippen LogP contribution < -0.4 is 63.0 Å². The van der Waals surface area contributed by atoms with Crippen LogP contribution in [0, 0.1) is 80.6 Å². The smallest absolute Gasteiger partial charge is 0.396 e. The predicted molar refractivity (Wildman–Crippen MR) is 507 cm³/mol. The third kappa shape index (κ3) is 50.6. The molecule has 0 fully saturated rings. The quantitative estimate of drug-likeness (QED) is 0.0121. The van der Waals surface area contributed by atoms with Crippen molar-refractivity contribution < 1.29 is 76.6 Å². The lowest BCUT2D eigenvalue weighted by atomic mass is 10.1. The number of aryl methyl sites for hydroxylation is 11. The van der Waals surface area contributed by atoms with Crippen LogP contribution >= 0.6 is 64.8 Å². The number of carbonyl (C=O) groups excluding carboxylic acids is 8. The first-order valence-electron chi connectivity index (χ1n) is 39.0. The van der Waals surface area contributed by atoms with Crippen molar-refractivity contribution in [3.63, 3.8) is 0 Å². The van der Waals surface area contributed by atoms with Gasteiger partial charge in [-0.2, -0.15) is 5.26 Å². The van der Waals surface area contributed by atoms with Crippen LogP contribution in [0.25, 0.3) is 0 Å². The summed E-state index contributed by atoms with van der Waals surface area (Å²) in [6.45, 7) is 25.6. The van der Waals surface area contributed by atoms with Crippen molar-refractivity contribution in [2.45, 2.75) is 141 Å². The van der Waals surface area contributed by atoms with Crippen molar-refractivity contribution in [2.75, 3.05) is 55.3 Å². The first-order valence-corrected chi connectivity index (χ1v) is 40.2. The number of amides is 4. The molecule has 13 N–H and O–H groups in total. The summed E-state index contributed by atoms with van der Waals surface area (Å²) in [6, 6.07) is 51.2. The van der Waals surface area contributed by atoms with Crippen LogP contribution in [-0.2, 0) is 83.7 Å². The summed E-state index contributed by atoms with van der Waals surface area (Å²) in [6.07, 6.45) is 10.1. The summed E-state index contributed by atoms with van der Waals surface area (Å²) in [5.41, 5.74) is 44.7. The average molecular weight is 1900 g/mol. The molecule has 127 heavy (non-hydrogen) atoms. The Morgan fingerprint density at radius 3 is 1.08 bits per heavy atom. The van der Waals surface area contributed by atoms with Crippen LogP contribution in [0.1, 0.15) is 142 Å². The molecule has 33 heteroatoms. The molecule has 0 saturated carbocycles. The molecule has 0 aliphatic carbocycles. The molecular formula is C94H121BrCl4N12O16. The highest BCUT2D eigenvalue weighted by Gasteiger charge is 2.17. The maximum absolute atomic E-state index is 12.0. The number of nitrogens with two attached hydrogens (primary N) is 5. The van der Waals surface area contributed by atoms with Gasteiger partial charge in [-0.3, -0.25) is 43.7 Å². The molecule has 0 aliphatic rings. The number of hydrogen-bond donors (Lipinski definition) is 8. The van der Waals surface area contributed by atoms with Crippen LogP contribution in [0.15, 0.2) is 187 Å². The number of aromatic hydroxyl groups is 1. The first kappa shape index (κ1) is 119. The van der Waals surface area contributed by atoms with Gasteiger partial charge in [0.05, 0.1) is 78.1 Å². The number of nitrogens with zero attached hydrogens (tertiary/aromatic N) is 5. The van der Waals surface area contributed by atoms with Crippen molar-refractivity contribution in [2.24, 2.45) is 28.7 Å². The second-order valence-electron chi connectivity index (χ2n) is 27.0. The number of nitrogens with one attached hydrogen (secondary N) is 2. The molecule has 0 spiro atoms. The molecule has 6 aromatic carbocycles. The average Bonchev–Trinajstić information content (AvgIpc) is 0.808. The summed E-state index contributed by atoms with van der Waals surface area (Å²) in [5.74, 6) is -1.03. The van der Waals surface area contributed by atoms with Gasteiger partial charge in [-0.25, -0.2) is 14.6 Å². The number of benzene rings is 6. The zero-order valence-corrected chi connectivity index (χ0v) is 79.8. The third-order valence-electron chi connectivity index (χ3n) is 16.6.